The van der Waals surface area contributed by atoms with Crippen LogP contribution < -0.4 is 16.4 Å². The number of carbonyl (C=O) groups excluding carboxylic acids is 2. The van der Waals surface area contributed by atoms with Crippen LogP contribution in [0.2, 0.25) is 0 Å². The molecule has 0 aliphatic carbocycles. The Bertz CT molecular complexity index is 484. The summed E-state index contributed by atoms with van der Waals surface area (Å²) in [6.45, 7) is 6.76. The normalized spacial score (nSPS) is 10.5. The molecule has 0 radical (unpaired) electrons. The number of anilines is 1. The van der Waals surface area contributed by atoms with E-state index in [9.17, 15) is 9.59 Å². The Kier molecular flexibility index (Phi) is 7.99. The molecule has 6 heteroatoms. The lowest BCUT2D eigenvalue weighted by molar-refractivity contribution is -0.117. The summed E-state index contributed by atoms with van der Waals surface area (Å²) in [5.41, 5.74) is 6.23. The SMILES string of the molecule is CC(C)(C)CC(=O)Nc1ccccc1C(=O)NCCN.Cl. The lowest BCUT2D eigenvalue weighted by Crippen LogP contribution is -2.30. The van der Waals surface area contributed by atoms with Crippen LogP contribution >= 0.6 is 12.4 Å². The van der Waals surface area contributed by atoms with Crippen molar-refractivity contribution in [3.05, 3.63) is 29.8 Å². The molecule has 0 unspecified atom stereocenters. The minimum atomic E-state index is -0.234. The first-order valence-electron chi connectivity index (χ1n) is 6.70. The van der Waals surface area contributed by atoms with Gasteiger partial charge < -0.3 is 16.4 Å². The van der Waals surface area contributed by atoms with E-state index in [1.165, 1.54) is 0 Å². The summed E-state index contributed by atoms with van der Waals surface area (Å²) < 4.78 is 0. The summed E-state index contributed by atoms with van der Waals surface area (Å²) >= 11 is 0. The first-order chi connectivity index (χ1) is 9.33. The van der Waals surface area contributed by atoms with Gasteiger partial charge in [-0.25, -0.2) is 0 Å². The van der Waals surface area contributed by atoms with Crippen LogP contribution in [0.3, 0.4) is 0 Å². The predicted octanol–water partition coefficient (Wildman–Crippen LogP) is 2.17. The van der Waals surface area contributed by atoms with Gasteiger partial charge in [0.2, 0.25) is 5.91 Å². The molecule has 0 spiro atoms. The average molecular weight is 314 g/mol. The fourth-order valence-corrected chi connectivity index (χ4v) is 1.75. The molecule has 0 saturated carbocycles. The number of nitrogens with two attached hydrogens (primary N) is 1. The molecule has 118 valence electrons. The topological polar surface area (TPSA) is 84.2 Å². The van der Waals surface area contributed by atoms with Crippen LogP contribution in [0.1, 0.15) is 37.6 Å². The number of hydrogen-bond donors (Lipinski definition) is 3. The van der Waals surface area contributed by atoms with Gasteiger partial charge in [-0.05, 0) is 17.5 Å². The van der Waals surface area contributed by atoms with Gasteiger partial charge in [0.1, 0.15) is 0 Å². The number of para-hydroxylation sites is 1. The molecule has 1 rings (SSSR count). The Labute approximate surface area is 132 Å². The van der Waals surface area contributed by atoms with Crippen molar-refractivity contribution in [3.8, 4) is 0 Å². The van der Waals surface area contributed by atoms with E-state index in [0.29, 0.717) is 30.8 Å². The second kappa shape index (κ2) is 8.64. The molecular formula is C15H24ClN3O2. The Balaban J connectivity index is 0.00000400. The molecule has 0 bridgehead atoms. The average Bonchev–Trinajstić information content (AvgIpc) is 2.34. The Morgan fingerprint density at radius 2 is 1.81 bits per heavy atom. The lowest BCUT2D eigenvalue weighted by atomic mass is 9.92. The zero-order valence-electron chi connectivity index (χ0n) is 12.7. The van der Waals surface area contributed by atoms with E-state index in [0.717, 1.165) is 0 Å². The molecule has 21 heavy (non-hydrogen) atoms. The molecule has 1 aromatic rings. The highest BCUT2D eigenvalue weighted by Crippen LogP contribution is 2.21. The molecule has 0 saturated heterocycles. The summed E-state index contributed by atoms with van der Waals surface area (Å²) in [5.74, 6) is -0.335. The molecule has 0 fully saturated rings. The number of hydrogen-bond acceptors (Lipinski definition) is 3. The van der Waals surface area contributed by atoms with E-state index in [-0.39, 0.29) is 29.6 Å². The Morgan fingerprint density at radius 1 is 1.19 bits per heavy atom. The standard InChI is InChI=1S/C15H23N3O2.ClH/c1-15(2,3)10-13(19)18-12-7-5-4-6-11(12)14(20)17-9-8-16;/h4-7H,8-10,16H2,1-3H3,(H,17,20)(H,18,19);1H. The van der Waals surface area contributed by atoms with Crippen molar-refractivity contribution in [2.75, 3.05) is 18.4 Å². The molecule has 0 aromatic heterocycles. The largest absolute Gasteiger partial charge is 0.351 e. The van der Waals surface area contributed by atoms with Crippen molar-refractivity contribution in [1.82, 2.24) is 5.32 Å². The highest BCUT2D eigenvalue weighted by molar-refractivity contribution is 6.03. The van der Waals surface area contributed by atoms with E-state index >= 15 is 0 Å². The fourth-order valence-electron chi connectivity index (χ4n) is 1.75. The quantitative estimate of drug-likeness (QED) is 0.779. The maximum atomic E-state index is 12.0. The van der Waals surface area contributed by atoms with Gasteiger partial charge in [-0.1, -0.05) is 32.9 Å². The fraction of sp³-hybridized carbons (Fsp3) is 0.467. The van der Waals surface area contributed by atoms with E-state index in [1.54, 1.807) is 24.3 Å². The number of halogens is 1. The van der Waals surface area contributed by atoms with Gasteiger partial charge in [0.05, 0.1) is 11.3 Å². The molecule has 0 heterocycles. The van der Waals surface area contributed by atoms with Crippen molar-refractivity contribution in [3.63, 3.8) is 0 Å². The monoisotopic (exact) mass is 313 g/mol. The van der Waals surface area contributed by atoms with Gasteiger partial charge in [0, 0.05) is 19.5 Å². The van der Waals surface area contributed by atoms with Gasteiger partial charge in [0.15, 0.2) is 0 Å². The van der Waals surface area contributed by atoms with Crippen LogP contribution in [0.4, 0.5) is 5.69 Å². The lowest BCUT2D eigenvalue weighted by Gasteiger charge is -2.18. The Morgan fingerprint density at radius 3 is 2.38 bits per heavy atom. The van der Waals surface area contributed by atoms with Gasteiger partial charge in [-0.2, -0.15) is 0 Å². The van der Waals surface area contributed by atoms with Crippen LogP contribution in [0.5, 0.6) is 0 Å². The van der Waals surface area contributed by atoms with E-state index in [4.69, 9.17) is 5.73 Å². The van der Waals surface area contributed by atoms with Crippen LogP contribution in [0, 0.1) is 5.41 Å². The number of nitrogens with one attached hydrogen (secondary N) is 2. The molecule has 0 aliphatic heterocycles. The minimum Gasteiger partial charge on any atom is -0.351 e. The number of benzene rings is 1. The summed E-state index contributed by atoms with van der Waals surface area (Å²) in [7, 11) is 0. The first kappa shape index (κ1) is 19.4. The summed E-state index contributed by atoms with van der Waals surface area (Å²) in [6.07, 6.45) is 0.395. The molecule has 2 amide bonds. The van der Waals surface area contributed by atoms with Crippen molar-refractivity contribution in [2.24, 2.45) is 11.1 Å². The smallest absolute Gasteiger partial charge is 0.253 e. The van der Waals surface area contributed by atoms with E-state index < -0.39 is 0 Å². The molecule has 4 N–H and O–H groups in total. The Hall–Kier alpha value is -1.59. The number of rotatable bonds is 5. The predicted molar refractivity (Wildman–Crippen MR) is 87.8 cm³/mol. The van der Waals surface area contributed by atoms with Crippen molar-refractivity contribution in [2.45, 2.75) is 27.2 Å². The summed E-state index contributed by atoms with van der Waals surface area (Å²) in [5, 5.41) is 5.49. The van der Waals surface area contributed by atoms with Crippen LogP contribution in [0.25, 0.3) is 0 Å². The van der Waals surface area contributed by atoms with Crippen LogP contribution in [-0.4, -0.2) is 24.9 Å². The first-order valence-corrected chi connectivity index (χ1v) is 6.70. The maximum absolute atomic E-state index is 12.0. The van der Waals surface area contributed by atoms with Gasteiger partial charge in [0.25, 0.3) is 5.91 Å². The second-order valence-electron chi connectivity index (χ2n) is 5.88. The zero-order chi connectivity index (χ0) is 15.2. The van der Waals surface area contributed by atoms with Crippen LogP contribution in [0.15, 0.2) is 24.3 Å². The minimum absolute atomic E-state index is 0. The van der Waals surface area contributed by atoms with Crippen molar-refractivity contribution < 1.29 is 9.59 Å². The second-order valence-corrected chi connectivity index (χ2v) is 5.88. The highest BCUT2D eigenvalue weighted by Gasteiger charge is 2.18. The van der Waals surface area contributed by atoms with Crippen molar-refractivity contribution >= 4 is 29.9 Å². The van der Waals surface area contributed by atoms with Gasteiger partial charge in [-0.15, -0.1) is 12.4 Å². The number of carbonyl (C=O) groups is 2. The molecule has 1 aromatic carbocycles. The number of amides is 2. The molecule has 0 aliphatic rings. The highest BCUT2D eigenvalue weighted by atomic mass is 35.5. The third-order valence-electron chi connectivity index (χ3n) is 2.57. The third-order valence-corrected chi connectivity index (χ3v) is 2.57. The third kappa shape index (κ3) is 7.11. The maximum Gasteiger partial charge on any atom is 0.253 e. The van der Waals surface area contributed by atoms with Gasteiger partial charge in [-0.3, -0.25) is 9.59 Å². The van der Waals surface area contributed by atoms with E-state index in [2.05, 4.69) is 10.6 Å². The molecule has 5 nitrogen and oxygen atoms in total. The molecular weight excluding hydrogens is 290 g/mol. The molecule has 0 atom stereocenters. The van der Waals surface area contributed by atoms with Crippen LogP contribution in [-0.2, 0) is 4.79 Å². The summed E-state index contributed by atoms with van der Waals surface area (Å²) in [6, 6.07) is 6.94. The van der Waals surface area contributed by atoms with Gasteiger partial charge >= 0.3 is 0 Å². The van der Waals surface area contributed by atoms with Crippen molar-refractivity contribution in [1.29, 1.82) is 0 Å². The summed E-state index contributed by atoms with van der Waals surface area (Å²) in [4.78, 5) is 23.9. The van der Waals surface area contributed by atoms with E-state index in [1.807, 2.05) is 20.8 Å². The zero-order valence-corrected chi connectivity index (χ0v) is 13.5.